The third kappa shape index (κ3) is 2.81. The molecule has 0 aliphatic carbocycles. The lowest BCUT2D eigenvalue weighted by molar-refractivity contribution is 0.199. The number of hydrogen-bond donors (Lipinski definition) is 2. The standard InChI is InChI=1S/C18H20ClN5O/c1-11-14(18(19)23(2)22-11)9-24-7-6-15-16(21-10-20-15)17(24)12-4-3-5-13(25)8-12/h3-5,8,10,17,25H,6-7,9H2,1-2H3,(H,20,21). The highest BCUT2D eigenvalue weighted by molar-refractivity contribution is 6.30. The van der Waals surface area contributed by atoms with Gasteiger partial charge in [-0.15, -0.1) is 0 Å². The maximum Gasteiger partial charge on any atom is 0.131 e. The van der Waals surface area contributed by atoms with Gasteiger partial charge >= 0.3 is 0 Å². The molecule has 130 valence electrons. The van der Waals surface area contributed by atoms with Crippen LogP contribution >= 0.6 is 11.6 Å². The molecule has 6 nitrogen and oxygen atoms in total. The van der Waals surface area contributed by atoms with Crippen molar-refractivity contribution >= 4 is 11.6 Å². The number of aromatic hydroxyl groups is 1. The molecule has 3 aromatic rings. The fourth-order valence-electron chi connectivity index (χ4n) is 3.62. The van der Waals surface area contributed by atoms with Gasteiger partial charge in [0.1, 0.15) is 10.9 Å². The van der Waals surface area contributed by atoms with E-state index in [0.717, 1.165) is 41.2 Å². The van der Waals surface area contributed by atoms with E-state index in [9.17, 15) is 5.11 Å². The van der Waals surface area contributed by atoms with Crippen LogP contribution in [-0.2, 0) is 20.0 Å². The van der Waals surface area contributed by atoms with Gasteiger partial charge in [0.05, 0.1) is 23.8 Å². The van der Waals surface area contributed by atoms with Crippen LogP contribution in [-0.4, -0.2) is 36.3 Å². The zero-order valence-corrected chi connectivity index (χ0v) is 15.0. The van der Waals surface area contributed by atoms with Crippen molar-refractivity contribution in [1.82, 2.24) is 24.6 Å². The van der Waals surface area contributed by atoms with Crippen molar-refractivity contribution in [1.29, 1.82) is 0 Å². The van der Waals surface area contributed by atoms with Crippen molar-refractivity contribution in [3.8, 4) is 5.75 Å². The lowest BCUT2D eigenvalue weighted by Crippen LogP contribution is -2.36. The Kier molecular flexibility index (Phi) is 4.01. The number of aromatic nitrogens is 4. The van der Waals surface area contributed by atoms with Crippen LogP contribution in [0.5, 0.6) is 5.75 Å². The fraction of sp³-hybridized carbons (Fsp3) is 0.333. The van der Waals surface area contributed by atoms with E-state index in [1.54, 1.807) is 23.1 Å². The molecule has 1 unspecified atom stereocenters. The Morgan fingerprint density at radius 3 is 2.96 bits per heavy atom. The van der Waals surface area contributed by atoms with Crippen LogP contribution in [0.15, 0.2) is 30.6 Å². The van der Waals surface area contributed by atoms with E-state index in [-0.39, 0.29) is 11.8 Å². The highest BCUT2D eigenvalue weighted by Gasteiger charge is 2.32. The van der Waals surface area contributed by atoms with Crippen LogP contribution in [0.1, 0.15) is 34.3 Å². The Hall–Kier alpha value is -2.31. The molecule has 3 heterocycles. The highest BCUT2D eigenvalue weighted by atomic mass is 35.5. The number of hydrogen-bond acceptors (Lipinski definition) is 4. The summed E-state index contributed by atoms with van der Waals surface area (Å²) in [4.78, 5) is 10.1. The zero-order chi connectivity index (χ0) is 17.6. The van der Waals surface area contributed by atoms with Crippen LogP contribution in [0.3, 0.4) is 0 Å². The van der Waals surface area contributed by atoms with E-state index < -0.39 is 0 Å². The molecule has 1 aliphatic heterocycles. The van der Waals surface area contributed by atoms with Crippen LogP contribution in [0, 0.1) is 6.92 Å². The van der Waals surface area contributed by atoms with Gasteiger partial charge in [-0.2, -0.15) is 5.10 Å². The molecule has 1 aliphatic rings. The molecule has 2 N–H and O–H groups in total. The summed E-state index contributed by atoms with van der Waals surface area (Å²) in [7, 11) is 1.85. The number of aryl methyl sites for hydroxylation is 2. The molecule has 0 saturated heterocycles. The molecule has 0 spiro atoms. The summed E-state index contributed by atoms with van der Waals surface area (Å²) in [6.07, 6.45) is 2.65. The first-order valence-corrected chi connectivity index (χ1v) is 8.65. The van der Waals surface area contributed by atoms with Gasteiger partial charge in [-0.25, -0.2) is 4.98 Å². The molecule has 0 fully saturated rings. The zero-order valence-electron chi connectivity index (χ0n) is 14.2. The van der Waals surface area contributed by atoms with Gasteiger partial charge in [0, 0.05) is 37.8 Å². The third-order valence-electron chi connectivity index (χ3n) is 4.84. The number of benzene rings is 1. The topological polar surface area (TPSA) is 70.0 Å². The average molecular weight is 358 g/mol. The van der Waals surface area contributed by atoms with E-state index >= 15 is 0 Å². The highest BCUT2D eigenvalue weighted by Crippen LogP contribution is 2.36. The van der Waals surface area contributed by atoms with Crippen molar-refractivity contribution in [2.24, 2.45) is 7.05 Å². The number of H-pyrrole nitrogens is 1. The molecule has 0 radical (unpaired) electrons. The number of phenols is 1. The molecule has 0 amide bonds. The number of imidazole rings is 1. The lowest BCUT2D eigenvalue weighted by atomic mass is 9.95. The lowest BCUT2D eigenvalue weighted by Gasteiger charge is -2.35. The van der Waals surface area contributed by atoms with Crippen molar-refractivity contribution < 1.29 is 5.11 Å². The minimum absolute atomic E-state index is 0.0298. The van der Waals surface area contributed by atoms with E-state index in [1.165, 1.54) is 0 Å². The Labute approximate surface area is 151 Å². The number of halogens is 1. The van der Waals surface area contributed by atoms with E-state index in [1.807, 2.05) is 26.1 Å². The van der Waals surface area contributed by atoms with Gasteiger partial charge in [-0.1, -0.05) is 23.7 Å². The molecule has 4 rings (SSSR count). The fourth-order valence-corrected chi connectivity index (χ4v) is 3.85. The average Bonchev–Trinajstić information content (AvgIpc) is 3.15. The second kappa shape index (κ2) is 6.20. The number of aromatic amines is 1. The quantitative estimate of drug-likeness (QED) is 0.756. The summed E-state index contributed by atoms with van der Waals surface area (Å²) in [6.45, 7) is 3.54. The molecular formula is C18H20ClN5O. The number of nitrogens with one attached hydrogen (secondary N) is 1. The van der Waals surface area contributed by atoms with Gasteiger partial charge in [0.25, 0.3) is 0 Å². The number of rotatable bonds is 3. The van der Waals surface area contributed by atoms with Crippen LogP contribution in [0.25, 0.3) is 0 Å². The molecule has 0 bridgehead atoms. The maximum atomic E-state index is 9.93. The summed E-state index contributed by atoms with van der Waals surface area (Å²) in [5, 5.41) is 15.0. The minimum Gasteiger partial charge on any atom is -0.508 e. The molecular weight excluding hydrogens is 338 g/mol. The first-order valence-electron chi connectivity index (χ1n) is 8.27. The summed E-state index contributed by atoms with van der Waals surface area (Å²) >= 11 is 6.44. The first-order chi connectivity index (χ1) is 12.0. The number of phenolic OH excluding ortho intramolecular Hbond substituents is 1. The first kappa shape index (κ1) is 16.2. The van der Waals surface area contributed by atoms with Crippen LogP contribution in [0.2, 0.25) is 5.15 Å². The minimum atomic E-state index is -0.0298. The molecule has 0 saturated carbocycles. The molecule has 25 heavy (non-hydrogen) atoms. The number of nitrogens with zero attached hydrogens (tertiary/aromatic N) is 4. The Morgan fingerprint density at radius 1 is 1.40 bits per heavy atom. The van der Waals surface area contributed by atoms with Crippen molar-refractivity contribution in [2.45, 2.75) is 25.9 Å². The Morgan fingerprint density at radius 2 is 2.24 bits per heavy atom. The predicted octanol–water partition coefficient (Wildman–Crippen LogP) is 2.96. The van der Waals surface area contributed by atoms with E-state index in [4.69, 9.17) is 11.6 Å². The molecule has 1 atom stereocenters. The largest absolute Gasteiger partial charge is 0.508 e. The van der Waals surface area contributed by atoms with Crippen LogP contribution in [0.4, 0.5) is 0 Å². The van der Waals surface area contributed by atoms with Gasteiger partial charge in [0.15, 0.2) is 0 Å². The monoisotopic (exact) mass is 357 g/mol. The van der Waals surface area contributed by atoms with E-state index in [2.05, 4.69) is 20.0 Å². The van der Waals surface area contributed by atoms with E-state index in [0.29, 0.717) is 11.7 Å². The normalized spacial score (nSPS) is 17.6. The maximum absolute atomic E-state index is 9.93. The molecule has 7 heteroatoms. The van der Waals surface area contributed by atoms with Gasteiger partial charge in [-0.05, 0) is 24.6 Å². The predicted molar refractivity (Wildman–Crippen MR) is 95.6 cm³/mol. The summed E-state index contributed by atoms with van der Waals surface area (Å²) in [5.41, 5.74) is 5.15. The van der Waals surface area contributed by atoms with Crippen molar-refractivity contribution in [2.75, 3.05) is 6.54 Å². The molecule has 2 aromatic heterocycles. The van der Waals surface area contributed by atoms with Crippen LogP contribution < -0.4 is 0 Å². The second-order valence-electron chi connectivity index (χ2n) is 6.46. The summed E-state index contributed by atoms with van der Waals surface area (Å²) < 4.78 is 1.71. The smallest absolute Gasteiger partial charge is 0.131 e. The summed E-state index contributed by atoms with van der Waals surface area (Å²) in [6, 6.07) is 7.35. The van der Waals surface area contributed by atoms with Crippen molar-refractivity contribution in [3.63, 3.8) is 0 Å². The summed E-state index contributed by atoms with van der Waals surface area (Å²) in [5.74, 6) is 0.260. The Bertz CT molecular complexity index is 916. The SMILES string of the molecule is Cc1nn(C)c(Cl)c1CN1CCc2[nH]cnc2C1c1cccc(O)c1. The van der Waals surface area contributed by atoms with Crippen molar-refractivity contribution in [3.05, 3.63) is 64.0 Å². The molecule has 1 aromatic carbocycles. The third-order valence-corrected chi connectivity index (χ3v) is 5.31. The van der Waals surface area contributed by atoms with Gasteiger partial charge in [-0.3, -0.25) is 9.58 Å². The Balaban J connectivity index is 1.76. The van der Waals surface area contributed by atoms with Gasteiger partial charge < -0.3 is 10.1 Å². The van der Waals surface area contributed by atoms with Gasteiger partial charge in [0.2, 0.25) is 0 Å². The number of fused-ring (bicyclic) bond motifs is 1. The second-order valence-corrected chi connectivity index (χ2v) is 6.82.